The molecule has 0 spiro atoms. The molecule has 4 N–H and O–H groups in total. The van der Waals surface area contributed by atoms with Crippen molar-refractivity contribution in [2.75, 3.05) is 13.7 Å². The van der Waals surface area contributed by atoms with Gasteiger partial charge in [0.25, 0.3) is 5.91 Å². The third-order valence-electron chi connectivity index (χ3n) is 3.31. The van der Waals surface area contributed by atoms with Crippen LogP contribution in [0.3, 0.4) is 0 Å². The van der Waals surface area contributed by atoms with Crippen LogP contribution in [0.25, 0.3) is 0 Å². The lowest BCUT2D eigenvalue weighted by atomic mass is 10.0. The highest BCUT2D eigenvalue weighted by Crippen LogP contribution is 2.43. The predicted molar refractivity (Wildman–Crippen MR) is 70.4 cm³/mol. The van der Waals surface area contributed by atoms with Gasteiger partial charge in [-0.3, -0.25) is 13.8 Å². The first-order valence-corrected chi connectivity index (χ1v) is 7.82. The zero-order valence-corrected chi connectivity index (χ0v) is 12.8. The van der Waals surface area contributed by atoms with E-state index in [4.69, 9.17) is 15.0 Å². The van der Waals surface area contributed by atoms with Crippen LogP contribution in [0.5, 0.6) is 0 Å². The Hall–Kier alpha value is -1.36. The number of rotatable bonds is 6. The second kappa shape index (κ2) is 6.41. The lowest BCUT2D eigenvalue weighted by Gasteiger charge is -2.16. The van der Waals surface area contributed by atoms with E-state index in [1.54, 1.807) is 6.92 Å². The molecule has 1 aromatic heterocycles. The van der Waals surface area contributed by atoms with E-state index < -0.39 is 38.1 Å². The summed E-state index contributed by atoms with van der Waals surface area (Å²) < 4.78 is 27.0. The molecule has 2 heterocycles. The topological polar surface area (TPSA) is 159 Å². The molecule has 1 amide bonds. The average Bonchev–Trinajstić information content (AvgIpc) is 3.05. The summed E-state index contributed by atoms with van der Waals surface area (Å²) in [6.07, 6.45) is -1.30. The zero-order chi connectivity index (χ0) is 16.5. The summed E-state index contributed by atoms with van der Waals surface area (Å²) in [5.74, 6) is -1.38. The monoisotopic (exact) mass is 336 g/mol. The fourth-order valence-corrected chi connectivity index (χ4v) is 2.50. The normalized spacial score (nSPS) is 31.1. The van der Waals surface area contributed by atoms with Crippen molar-refractivity contribution in [3.63, 3.8) is 0 Å². The number of phosphoric acid groups is 1. The number of aliphatic hydroxyl groups excluding tert-OH is 1. The summed E-state index contributed by atoms with van der Waals surface area (Å²) in [6.45, 7) is 1.34. The van der Waals surface area contributed by atoms with E-state index in [2.05, 4.69) is 14.6 Å². The van der Waals surface area contributed by atoms with Crippen LogP contribution < -0.4 is 5.73 Å². The number of phosphoric ester groups is 1. The summed E-state index contributed by atoms with van der Waals surface area (Å²) >= 11 is 0. The van der Waals surface area contributed by atoms with Crippen molar-refractivity contribution in [2.45, 2.75) is 25.4 Å². The average molecular weight is 336 g/mol. The highest BCUT2D eigenvalue weighted by atomic mass is 31.2. The third kappa shape index (κ3) is 3.51. The maximum atomic E-state index is 11.3. The Morgan fingerprint density at radius 2 is 2.32 bits per heavy atom. The van der Waals surface area contributed by atoms with Gasteiger partial charge in [0.15, 0.2) is 6.23 Å². The van der Waals surface area contributed by atoms with Crippen LogP contribution in [0.2, 0.25) is 0 Å². The Kier molecular flexibility index (Phi) is 4.95. The molecule has 22 heavy (non-hydrogen) atoms. The van der Waals surface area contributed by atoms with Crippen molar-refractivity contribution in [1.29, 1.82) is 0 Å². The lowest BCUT2D eigenvalue weighted by molar-refractivity contribution is -0.0504. The fourth-order valence-electron chi connectivity index (χ4n) is 2.06. The standard InChI is InChI=1S/C10H17N4O7P/c1-5-7(15)6(3-20-22(17,18)19-2)21-10(5)14-4-12-9(13-14)8(11)16/h4-7,10,15H,3H2,1-2H3,(H2,11,16)(H,17,18)/t5?,6-,7-,10-/m1/s1. The van der Waals surface area contributed by atoms with Crippen molar-refractivity contribution >= 4 is 13.7 Å². The number of aliphatic hydroxyl groups is 1. The zero-order valence-electron chi connectivity index (χ0n) is 11.9. The number of primary amides is 1. The van der Waals surface area contributed by atoms with E-state index in [1.165, 1.54) is 11.0 Å². The number of nitrogens with zero attached hydrogens (tertiary/aromatic N) is 3. The Bertz CT molecular complexity index is 594. The smallest absolute Gasteiger partial charge is 0.390 e. The van der Waals surface area contributed by atoms with E-state index in [9.17, 15) is 19.4 Å². The maximum absolute atomic E-state index is 11.3. The SMILES string of the molecule is COP(=O)(O)OC[C@H]1O[C@@H](n2cnc(C(N)=O)n2)C(C)[C@H]1O. The van der Waals surface area contributed by atoms with Gasteiger partial charge in [-0.2, -0.15) is 0 Å². The Labute approximate surface area is 125 Å². The van der Waals surface area contributed by atoms with Crippen molar-refractivity contribution in [3.8, 4) is 0 Å². The molecule has 1 aliphatic heterocycles. The van der Waals surface area contributed by atoms with Crippen LogP contribution in [0.4, 0.5) is 0 Å². The van der Waals surface area contributed by atoms with Crippen molar-refractivity contribution in [1.82, 2.24) is 14.8 Å². The molecule has 1 aromatic rings. The van der Waals surface area contributed by atoms with E-state index in [0.717, 1.165) is 7.11 Å². The molecule has 1 fully saturated rings. The van der Waals surface area contributed by atoms with Gasteiger partial charge in [0.1, 0.15) is 12.4 Å². The van der Waals surface area contributed by atoms with Gasteiger partial charge in [-0.1, -0.05) is 6.92 Å². The largest absolute Gasteiger partial charge is 0.472 e. The van der Waals surface area contributed by atoms with Gasteiger partial charge < -0.3 is 20.5 Å². The molecule has 0 radical (unpaired) electrons. The van der Waals surface area contributed by atoms with Crippen molar-refractivity contribution < 1.29 is 33.1 Å². The molecular weight excluding hydrogens is 319 g/mol. The molecule has 11 nitrogen and oxygen atoms in total. The molecule has 0 aromatic carbocycles. The second-order valence-electron chi connectivity index (χ2n) is 4.77. The molecule has 12 heteroatoms. The summed E-state index contributed by atoms with van der Waals surface area (Å²) in [5.41, 5.74) is 5.07. The molecule has 124 valence electrons. The predicted octanol–water partition coefficient (Wildman–Crippen LogP) is -0.965. The summed E-state index contributed by atoms with van der Waals surface area (Å²) in [5, 5.41) is 14.0. The van der Waals surface area contributed by atoms with Crippen LogP contribution in [0.15, 0.2) is 6.33 Å². The molecule has 0 saturated carbocycles. The minimum atomic E-state index is -4.16. The highest BCUT2D eigenvalue weighted by molar-refractivity contribution is 7.47. The molecule has 1 saturated heterocycles. The van der Waals surface area contributed by atoms with Crippen LogP contribution in [-0.4, -0.2) is 56.6 Å². The van der Waals surface area contributed by atoms with Gasteiger partial charge in [0, 0.05) is 13.0 Å². The minimum absolute atomic E-state index is 0.177. The number of aromatic nitrogens is 3. The number of nitrogens with two attached hydrogens (primary N) is 1. The van der Waals surface area contributed by atoms with Crippen LogP contribution in [0, 0.1) is 5.92 Å². The van der Waals surface area contributed by atoms with E-state index in [-0.39, 0.29) is 12.4 Å². The summed E-state index contributed by atoms with van der Waals surface area (Å²) in [6, 6.07) is 0. The molecule has 1 aliphatic rings. The molecule has 0 aliphatic carbocycles. The second-order valence-corrected chi connectivity index (χ2v) is 6.33. The lowest BCUT2D eigenvalue weighted by Crippen LogP contribution is -2.29. The number of hydrogen-bond donors (Lipinski definition) is 3. The number of carbonyl (C=O) groups is 1. The molecule has 0 bridgehead atoms. The third-order valence-corrected chi connectivity index (χ3v) is 4.24. The summed E-state index contributed by atoms with van der Waals surface area (Å²) in [7, 11) is -3.13. The first kappa shape index (κ1) is 17.0. The number of hydrogen-bond acceptors (Lipinski definition) is 8. The van der Waals surface area contributed by atoms with Crippen LogP contribution >= 0.6 is 7.82 Å². The fraction of sp³-hybridized carbons (Fsp3) is 0.700. The van der Waals surface area contributed by atoms with Gasteiger partial charge in [-0.15, -0.1) is 5.10 Å². The first-order valence-electron chi connectivity index (χ1n) is 6.32. The minimum Gasteiger partial charge on any atom is -0.390 e. The van der Waals surface area contributed by atoms with Gasteiger partial charge in [-0.25, -0.2) is 14.2 Å². The quantitative estimate of drug-likeness (QED) is 0.556. The molecule has 2 rings (SSSR count). The van der Waals surface area contributed by atoms with E-state index in [1.807, 2.05) is 0 Å². The van der Waals surface area contributed by atoms with Crippen molar-refractivity contribution in [3.05, 3.63) is 12.2 Å². The highest BCUT2D eigenvalue weighted by Gasteiger charge is 2.43. The Morgan fingerprint density at radius 1 is 1.64 bits per heavy atom. The van der Waals surface area contributed by atoms with E-state index >= 15 is 0 Å². The maximum Gasteiger partial charge on any atom is 0.472 e. The van der Waals surface area contributed by atoms with Gasteiger partial charge >= 0.3 is 7.82 Å². The van der Waals surface area contributed by atoms with Gasteiger partial charge in [-0.05, 0) is 0 Å². The summed E-state index contributed by atoms with van der Waals surface area (Å²) in [4.78, 5) is 23.9. The number of amides is 1. The van der Waals surface area contributed by atoms with Crippen LogP contribution in [0.1, 0.15) is 23.8 Å². The molecule has 5 atom stereocenters. The van der Waals surface area contributed by atoms with Gasteiger partial charge in [0.05, 0.1) is 12.7 Å². The van der Waals surface area contributed by atoms with Gasteiger partial charge in [0.2, 0.25) is 5.82 Å². The molecule has 2 unspecified atom stereocenters. The van der Waals surface area contributed by atoms with E-state index in [0.29, 0.717) is 0 Å². The Morgan fingerprint density at radius 3 is 2.86 bits per heavy atom. The van der Waals surface area contributed by atoms with Crippen molar-refractivity contribution in [2.24, 2.45) is 11.7 Å². The van der Waals surface area contributed by atoms with Crippen LogP contribution in [-0.2, 0) is 18.3 Å². The molecular formula is C10H17N4O7P. The number of carbonyl (C=O) groups excluding carboxylic acids is 1. The first-order chi connectivity index (χ1) is 10.2. The Balaban J connectivity index is 2.06. The number of ether oxygens (including phenoxy) is 1.